The Bertz CT molecular complexity index is 383. The quantitative estimate of drug-likeness (QED) is 0.286. The van der Waals surface area contributed by atoms with Crippen LogP contribution >= 0.6 is 0 Å². The standard InChI is InChI=1S/C13H30N4O3S/c1-12(2)6-10-20-11-9-16-13(14-3)15-7-5-8-17-21(4,18)19/h12,17H,5-11H2,1-4H3,(H2,14,15,16). The zero-order valence-electron chi connectivity index (χ0n) is 13.6. The van der Waals surface area contributed by atoms with Crippen molar-refractivity contribution in [1.29, 1.82) is 0 Å². The summed E-state index contributed by atoms with van der Waals surface area (Å²) in [5, 5.41) is 6.25. The van der Waals surface area contributed by atoms with E-state index in [2.05, 4.69) is 34.2 Å². The van der Waals surface area contributed by atoms with Crippen LogP contribution in [-0.4, -0.2) is 60.5 Å². The van der Waals surface area contributed by atoms with Gasteiger partial charge in [0.25, 0.3) is 0 Å². The van der Waals surface area contributed by atoms with Crippen LogP contribution < -0.4 is 15.4 Å². The number of aliphatic imine (C=N–C) groups is 1. The third kappa shape index (κ3) is 15.3. The fourth-order valence-electron chi connectivity index (χ4n) is 1.44. The van der Waals surface area contributed by atoms with Crippen molar-refractivity contribution in [2.24, 2.45) is 10.9 Å². The Morgan fingerprint density at radius 3 is 2.38 bits per heavy atom. The van der Waals surface area contributed by atoms with E-state index in [4.69, 9.17) is 4.74 Å². The summed E-state index contributed by atoms with van der Waals surface area (Å²) in [6.07, 6.45) is 2.92. The molecule has 0 amide bonds. The van der Waals surface area contributed by atoms with Crippen molar-refractivity contribution >= 4 is 16.0 Å². The molecule has 0 aromatic carbocycles. The molecule has 0 unspecified atom stereocenters. The van der Waals surface area contributed by atoms with Gasteiger partial charge in [0.05, 0.1) is 12.9 Å². The van der Waals surface area contributed by atoms with Crippen molar-refractivity contribution in [3.63, 3.8) is 0 Å². The summed E-state index contributed by atoms with van der Waals surface area (Å²) in [7, 11) is -1.40. The fourth-order valence-corrected chi connectivity index (χ4v) is 1.95. The minimum Gasteiger partial charge on any atom is -0.380 e. The number of ether oxygens (including phenoxy) is 1. The summed E-state index contributed by atoms with van der Waals surface area (Å²) >= 11 is 0. The second kappa shape index (κ2) is 11.8. The van der Waals surface area contributed by atoms with E-state index >= 15 is 0 Å². The second-order valence-corrected chi connectivity index (χ2v) is 7.07. The number of nitrogens with zero attached hydrogens (tertiary/aromatic N) is 1. The maximum Gasteiger partial charge on any atom is 0.208 e. The predicted octanol–water partition coefficient (Wildman–Crippen LogP) is 0.153. The Kier molecular flexibility index (Phi) is 11.3. The highest BCUT2D eigenvalue weighted by Crippen LogP contribution is 1.98. The molecule has 0 bridgehead atoms. The zero-order valence-corrected chi connectivity index (χ0v) is 14.4. The molecule has 0 spiro atoms. The van der Waals surface area contributed by atoms with Crippen LogP contribution in [0.25, 0.3) is 0 Å². The van der Waals surface area contributed by atoms with Gasteiger partial charge in [-0.2, -0.15) is 0 Å². The minimum atomic E-state index is -3.10. The maximum atomic E-state index is 10.9. The van der Waals surface area contributed by atoms with Gasteiger partial charge in [-0.1, -0.05) is 13.8 Å². The van der Waals surface area contributed by atoms with Gasteiger partial charge in [-0.15, -0.1) is 0 Å². The molecule has 8 heteroatoms. The van der Waals surface area contributed by atoms with Gasteiger partial charge in [0, 0.05) is 33.3 Å². The lowest BCUT2D eigenvalue weighted by molar-refractivity contribution is 0.128. The van der Waals surface area contributed by atoms with Gasteiger partial charge in [-0.3, -0.25) is 4.99 Å². The Labute approximate surface area is 129 Å². The molecular formula is C13H30N4O3S. The first-order chi connectivity index (χ1) is 9.85. The summed E-state index contributed by atoms with van der Waals surface area (Å²) in [4.78, 5) is 4.08. The van der Waals surface area contributed by atoms with Crippen molar-refractivity contribution in [3.8, 4) is 0 Å². The van der Waals surface area contributed by atoms with Crippen LogP contribution in [0.4, 0.5) is 0 Å². The third-order valence-corrected chi connectivity index (χ3v) is 3.34. The summed E-state index contributed by atoms with van der Waals surface area (Å²) in [5.74, 6) is 1.36. The molecule has 3 N–H and O–H groups in total. The summed E-state index contributed by atoms with van der Waals surface area (Å²) in [5.41, 5.74) is 0. The topological polar surface area (TPSA) is 91.8 Å². The molecule has 0 aromatic rings. The van der Waals surface area contributed by atoms with E-state index in [0.29, 0.717) is 44.5 Å². The van der Waals surface area contributed by atoms with Gasteiger partial charge < -0.3 is 15.4 Å². The Morgan fingerprint density at radius 1 is 1.14 bits per heavy atom. The van der Waals surface area contributed by atoms with Crippen molar-refractivity contribution < 1.29 is 13.2 Å². The molecule has 0 heterocycles. The van der Waals surface area contributed by atoms with Crippen molar-refractivity contribution in [3.05, 3.63) is 0 Å². The molecule has 126 valence electrons. The van der Waals surface area contributed by atoms with Crippen molar-refractivity contribution in [2.75, 3.05) is 46.2 Å². The van der Waals surface area contributed by atoms with E-state index in [1.807, 2.05) is 0 Å². The molecule has 0 aliphatic carbocycles. The number of rotatable bonds is 11. The molecule has 0 saturated carbocycles. The summed E-state index contributed by atoms with van der Waals surface area (Å²) < 4.78 is 29.7. The molecule has 0 aliphatic rings. The predicted molar refractivity (Wildman–Crippen MR) is 87.1 cm³/mol. The highest BCUT2D eigenvalue weighted by atomic mass is 32.2. The van der Waals surface area contributed by atoms with Gasteiger partial charge >= 0.3 is 0 Å². The molecule has 0 atom stereocenters. The van der Waals surface area contributed by atoms with Crippen LogP contribution in [-0.2, 0) is 14.8 Å². The molecular weight excluding hydrogens is 292 g/mol. The maximum absolute atomic E-state index is 10.9. The fraction of sp³-hybridized carbons (Fsp3) is 0.923. The average molecular weight is 322 g/mol. The van der Waals surface area contributed by atoms with Gasteiger partial charge in [0.1, 0.15) is 0 Å². The van der Waals surface area contributed by atoms with E-state index in [1.54, 1.807) is 7.05 Å². The van der Waals surface area contributed by atoms with Gasteiger partial charge in [-0.25, -0.2) is 13.1 Å². The Morgan fingerprint density at radius 2 is 1.81 bits per heavy atom. The lowest BCUT2D eigenvalue weighted by Gasteiger charge is -2.12. The average Bonchev–Trinajstić information content (AvgIpc) is 2.38. The van der Waals surface area contributed by atoms with Crippen LogP contribution in [0.2, 0.25) is 0 Å². The SMILES string of the molecule is CN=C(NCCCNS(C)(=O)=O)NCCOCCC(C)C. The monoisotopic (exact) mass is 322 g/mol. The normalized spacial score (nSPS) is 12.7. The number of sulfonamides is 1. The van der Waals surface area contributed by atoms with E-state index in [1.165, 1.54) is 0 Å². The van der Waals surface area contributed by atoms with Crippen LogP contribution in [0.3, 0.4) is 0 Å². The Balaban J connectivity index is 3.55. The largest absolute Gasteiger partial charge is 0.380 e. The van der Waals surface area contributed by atoms with Gasteiger partial charge in [0.15, 0.2) is 5.96 Å². The first-order valence-corrected chi connectivity index (χ1v) is 9.21. The van der Waals surface area contributed by atoms with Crippen LogP contribution in [0.5, 0.6) is 0 Å². The van der Waals surface area contributed by atoms with E-state index in [9.17, 15) is 8.42 Å². The Hall–Kier alpha value is -0.860. The van der Waals surface area contributed by atoms with E-state index in [-0.39, 0.29) is 0 Å². The molecule has 0 aliphatic heterocycles. The first-order valence-electron chi connectivity index (χ1n) is 7.32. The summed E-state index contributed by atoms with van der Waals surface area (Å²) in [6.45, 7) is 7.53. The van der Waals surface area contributed by atoms with E-state index in [0.717, 1.165) is 19.3 Å². The smallest absolute Gasteiger partial charge is 0.208 e. The highest BCUT2D eigenvalue weighted by Gasteiger charge is 2.00. The van der Waals surface area contributed by atoms with E-state index < -0.39 is 10.0 Å². The number of nitrogens with one attached hydrogen (secondary N) is 3. The van der Waals surface area contributed by atoms with Crippen LogP contribution in [0.15, 0.2) is 4.99 Å². The first kappa shape index (κ1) is 20.1. The third-order valence-electron chi connectivity index (χ3n) is 2.61. The molecule has 0 rings (SSSR count). The second-order valence-electron chi connectivity index (χ2n) is 5.24. The summed E-state index contributed by atoms with van der Waals surface area (Å²) in [6, 6.07) is 0. The van der Waals surface area contributed by atoms with Crippen molar-refractivity contribution in [1.82, 2.24) is 15.4 Å². The van der Waals surface area contributed by atoms with Gasteiger partial charge in [-0.05, 0) is 18.8 Å². The molecule has 7 nitrogen and oxygen atoms in total. The molecule has 21 heavy (non-hydrogen) atoms. The van der Waals surface area contributed by atoms with Crippen LogP contribution in [0, 0.1) is 5.92 Å². The lowest BCUT2D eigenvalue weighted by Crippen LogP contribution is -2.40. The zero-order chi connectivity index (χ0) is 16.1. The molecule has 0 saturated heterocycles. The van der Waals surface area contributed by atoms with Gasteiger partial charge in [0.2, 0.25) is 10.0 Å². The van der Waals surface area contributed by atoms with Crippen LogP contribution in [0.1, 0.15) is 26.7 Å². The number of hydrogen-bond acceptors (Lipinski definition) is 4. The minimum absolute atomic E-state index is 0.418. The molecule has 0 fully saturated rings. The molecule has 0 radical (unpaired) electrons. The number of guanidine groups is 1. The number of hydrogen-bond donors (Lipinski definition) is 3. The molecule has 0 aromatic heterocycles. The van der Waals surface area contributed by atoms with Crippen molar-refractivity contribution in [2.45, 2.75) is 26.7 Å². The lowest BCUT2D eigenvalue weighted by atomic mass is 10.1. The highest BCUT2D eigenvalue weighted by molar-refractivity contribution is 7.88.